The van der Waals surface area contributed by atoms with E-state index in [-0.39, 0.29) is 23.4 Å². The lowest BCUT2D eigenvalue weighted by Crippen LogP contribution is -2.35. The first-order chi connectivity index (χ1) is 14.6. The highest BCUT2D eigenvalue weighted by molar-refractivity contribution is 7.89. The number of pyridine rings is 1. The third-order valence-corrected chi connectivity index (χ3v) is 7.40. The van der Waals surface area contributed by atoms with E-state index < -0.39 is 15.7 Å². The van der Waals surface area contributed by atoms with Gasteiger partial charge in [0.2, 0.25) is 16.0 Å². The number of hydrogen-bond acceptors (Lipinski definition) is 7. The predicted molar refractivity (Wildman–Crippen MR) is 113 cm³/mol. The van der Waals surface area contributed by atoms with E-state index in [1.807, 2.05) is 6.07 Å². The highest BCUT2D eigenvalue weighted by Crippen LogP contribution is 2.44. The Morgan fingerprint density at radius 3 is 2.68 bits per heavy atom. The highest BCUT2D eigenvalue weighted by atomic mass is 32.2. The second kappa shape index (κ2) is 6.92. The van der Waals surface area contributed by atoms with E-state index in [4.69, 9.17) is 5.73 Å². The summed E-state index contributed by atoms with van der Waals surface area (Å²) in [4.78, 5) is 4.73. The maximum atomic E-state index is 14.1. The maximum Gasteiger partial charge on any atom is 0.241 e. The van der Waals surface area contributed by atoms with Crippen LogP contribution in [0.1, 0.15) is 61.9 Å². The van der Waals surface area contributed by atoms with E-state index in [1.165, 1.54) is 18.5 Å². The molecule has 3 N–H and O–H groups in total. The van der Waals surface area contributed by atoms with Crippen molar-refractivity contribution in [2.24, 2.45) is 0 Å². The van der Waals surface area contributed by atoms with Gasteiger partial charge in [-0.2, -0.15) is 0 Å². The van der Waals surface area contributed by atoms with Crippen LogP contribution in [-0.4, -0.2) is 45.8 Å². The minimum absolute atomic E-state index is 0.119. The Morgan fingerprint density at radius 1 is 1.26 bits per heavy atom. The van der Waals surface area contributed by atoms with E-state index >= 15 is 0 Å². The summed E-state index contributed by atoms with van der Waals surface area (Å²) in [5, 5.41) is 12.8. The van der Waals surface area contributed by atoms with Crippen molar-refractivity contribution in [2.75, 3.05) is 12.3 Å². The predicted octanol–water partition coefficient (Wildman–Crippen LogP) is 2.24. The third kappa shape index (κ3) is 3.65. The molecule has 2 aliphatic carbocycles. The lowest BCUT2D eigenvalue weighted by atomic mass is 10.0. The van der Waals surface area contributed by atoms with Crippen molar-refractivity contribution >= 4 is 26.7 Å². The van der Waals surface area contributed by atoms with Crippen LogP contribution in [0, 0.1) is 0 Å². The summed E-state index contributed by atoms with van der Waals surface area (Å²) in [6.07, 6.45) is 5.30. The number of tetrazole rings is 1. The Hall–Kier alpha value is -2.66. The van der Waals surface area contributed by atoms with E-state index in [1.54, 1.807) is 12.3 Å². The fourth-order valence-electron chi connectivity index (χ4n) is 4.24. The van der Waals surface area contributed by atoms with Gasteiger partial charge >= 0.3 is 0 Å². The van der Waals surface area contributed by atoms with Crippen molar-refractivity contribution in [1.82, 2.24) is 29.9 Å². The van der Waals surface area contributed by atoms with E-state index in [0.717, 1.165) is 41.5 Å². The number of benzene rings is 1. The molecule has 164 valence electrons. The molecule has 0 spiro atoms. The molecule has 0 bridgehead atoms. The Balaban J connectivity index is 1.70. The minimum atomic E-state index is -3.98. The number of sulfonamides is 1. The molecule has 2 heterocycles. The van der Waals surface area contributed by atoms with Crippen LogP contribution in [0.15, 0.2) is 23.2 Å². The SMILES string of the molecule is CC(C)(F)CNS(=O)(=O)c1cc2c(c3cnc(C4CC4)cc13)CCC2n1nnnc1N. The molecule has 31 heavy (non-hydrogen) atoms. The number of hydrogen-bond donors (Lipinski definition) is 2. The Bertz CT molecular complexity index is 1280. The molecule has 11 heteroatoms. The Kier molecular flexibility index (Phi) is 4.52. The van der Waals surface area contributed by atoms with Crippen molar-refractivity contribution in [1.29, 1.82) is 0 Å². The molecule has 2 aliphatic rings. The van der Waals surface area contributed by atoms with Crippen molar-refractivity contribution < 1.29 is 12.8 Å². The summed E-state index contributed by atoms with van der Waals surface area (Å²) < 4.78 is 44.6. The molecule has 1 unspecified atom stereocenters. The second-order valence-corrected chi connectivity index (χ2v) is 10.7. The van der Waals surface area contributed by atoms with Gasteiger partial charge in [-0.15, -0.1) is 0 Å². The summed E-state index contributed by atoms with van der Waals surface area (Å²) in [6, 6.07) is 3.27. The molecule has 0 aliphatic heterocycles. The summed E-state index contributed by atoms with van der Waals surface area (Å²) in [6.45, 7) is 2.35. The number of nitrogens with zero attached hydrogens (tertiary/aromatic N) is 5. The average molecular weight is 446 g/mol. The second-order valence-electron chi connectivity index (χ2n) is 8.95. The molecule has 5 rings (SSSR count). The Labute approximate surface area is 179 Å². The van der Waals surface area contributed by atoms with Gasteiger partial charge in [-0.05, 0) is 73.2 Å². The fraction of sp³-hybridized carbons (Fsp3) is 0.500. The lowest BCUT2D eigenvalue weighted by Gasteiger charge is -2.19. The van der Waals surface area contributed by atoms with Gasteiger partial charge in [0.25, 0.3) is 0 Å². The quantitative estimate of drug-likeness (QED) is 0.595. The van der Waals surface area contributed by atoms with E-state index in [2.05, 4.69) is 25.2 Å². The van der Waals surface area contributed by atoms with E-state index in [9.17, 15) is 12.8 Å². The average Bonchev–Trinajstić information content (AvgIpc) is 3.35. The number of aryl methyl sites for hydroxylation is 1. The van der Waals surface area contributed by atoms with E-state index in [0.29, 0.717) is 17.7 Å². The van der Waals surface area contributed by atoms with Crippen LogP contribution in [0.25, 0.3) is 10.8 Å². The van der Waals surface area contributed by atoms with Crippen LogP contribution in [0.4, 0.5) is 10.3 Å². The fourth-order valence-corrected chi connectivity index (χ4v) is 5.67. The van der Waals surface area contributed by atoms with Gasteiger partial charge in [0.05, 0.1) is 10.9 Å². The number of alkyl halides is 1. The molecular formula is C20H24FN7O2S. The molecule has 0 amide bonds. The first-order valence-corrected chi connectivity index (χ1v) is 11.8. The Morgan fingerprint density at radius 2 is 2.03 bits per heavy atom. The zero-order chi connectivity index (χ0) is 22.0. The molecule has 0 radical (unpaired) electrons. The summed E-state index contributed by atoms with van der Waals surface area (Å²) in [7, 11) is -3.98. The van der Waals surface area contributed by atoms with Gasteiger partial charge < -0.3 is 5.73 Å². The topological polar surface area (TPSA) is 129 Å². The number of halogens is 1. The molecule has 1 atom stereocenters. The summed E-state index contributed by atoms with van der Waals surface area (Å²) >= 11 is 0. The first-order valence-electron chi connectivity index (χ1n) is 10.3. The van der Waals surface area contributed by atoms with Gasteiger partial charge in [-0.25, -0.2) is 22.2 Å². The molecule has 9 nitrogen and oxygen atoms in total. The number of nitrogens with two attached hydrogens (primary N) is 1. The van der Waals surface area contributed by atoms with Gasteiger partial charge in [0.1, 0.15) is 5.67 Å². The summed E-state index contributed by atoms with van der Waals surface area (Å²) in [5.74, 6) is 0.543. The van der Waals surface area contributed by atoms with Crippen LogP contribution in [-0.2, 0) is 16.4 Å². The highest BCUT2D eigenvalue weighted by Gasteiger charge is 2.33. The van der Waals surface area contributed by atoms with Crippen molar-refractivity contribution in [3.05, 3.63) is 35.2 Å². The zero-order valence-corrected chi connectivity index (χ0v) is 18.2. The van der Waals surface area contributed by atoms with Crippen molar-refractivity contribution in [3.63, 3.8) is 0 Å². The number of nitrogen functional groups attached to an aromatic ring is 1. The van der Waals surface area contributed by atoms with Gasteiger partial charge in [-0.1, -0.05) is 5.10 Å². The van der Waals surface area contributed by atoms with Gasteiger partial charge in [0.15, 0.2) is 0 Å². The number of rotatable bonds is 6. The lowest BCUT2D eigenvalue weighted by molar-refractivity contribution is 0.221. The monoisotopic (exact) mass is 445 g/mol. The zero-order valence-electron chi connectivity index (χ0n) is 17.3. The van der Waals surface area contributed by atoms with Crippen molar-refractivity contribution in [3.8, 4) is 0 Å². The number of fused-ring (bicyclic) bond motifs is 3. The number of anilines is 1. The number of aromatic nitrogens is 5. The number of nitrogens with one attached hydrogen (secondary N) is 1. The van der Waals surface area contributed by atoms with Crippen LogP contribution in [0.3, 0.4) is 0 Å². The molecular weight excluding hydrogens is 421 g/mol. The molecule has 1 aromatic carbocycles. The third-order valence-electron chi connectivity index (χ3n) is 5.96. The summed E-state index contributed by atoms with van der Waals surface area (Å²) in [5.41, 5.74) is 6.95. The maximum absolute atomic E-state index is 14.1. The van der Waals surface area contributed by atoms with Gasteiger partial charge in [0, 0.05) is 35.1 Å². The minimum Gasteiger partial charge on any atom is -0.367 e. The van der Waals surface area contributed by atoms with Crippen LogP contribution in [0.2, 0.25) is 0 Å². The molecule has 0 saturated heterocycles. The normalized spacial score (nSPS) is 19.1. The molecule has 3 aromatic rings. The van der Waals surface area contributed by atoms with Crippen LogP contribution < -0.4 is 10.5 Å². The van der Waals surface area contributed by atoms with Crippen LogP contribution in [0.5, 0.6) is 0 Å². The standard InChI is InChI=1S/C20H24FN7O2S/c1-20(2,21)10-24-31(29,30)18-8-13-12(5-6-17(13)28-19(22)25-26-27-28)15-9-23-16(7-14(15)18)11-3-4-11/h7-9,11,17,24H,3-6,10H2,1-2H3,(H2,22,25,27). The molecule has 1 fully saturated rings. The smallest absolute Gasteiger partial charge is 0.241 e. The molecule has 1 saturated carbocycles. The molecule has 2 aromatic heterocycles. The first kappa shape index (κ1) is 20.3. The largest absolute Gasteiger partial charge is 0.367 e. The van der Waals surface area contributed by atoms with Crippen LogP contribution >= 0.6 is 0 Å². The van der Waals surface area contributed by atoms with Gasteiger partial charge in [-0.3, -0.25) is 4.98 Å². The van der Waals surface area contributed by atoms with Crippen molar-refractivity contribution in [2.45, 2.75) is 62.1 Å².